The molecule has 1 saturated carbocycles. The molecule has 0 unspecified atom stereocenters. The second-order valence-corrected chi connectivity index (χ2v) is 7.96. The van der Waals surface area contributed by atoms with Crippen molar-refractivity contribution >= 4 is 24.2 Å². The molecule has 3 aliphatic rings. The lowest BCUT2D eigenvalue weighted by atomic mass is 9.78. The summed E-state index contributed by atoms with van der Waals surface area (Å²) >= 11 is 0. The van der Waals surface area contributed by atoms with E-state index < -0.39 is 17.7 Å². The number of aliphatic hydroxyl groups is 1. The molecule has 0 aromatic rings. The van der Waals surface area contributed by atoms with E-state index in [4.69, 9.17) is 0 Å². The van der Waals surface area contributed by atoms with Gasteiger partial charge in [0, 0.05) is 6.54 Å². The molecule has 26 heavy (non-hydrogen) atoms. The molecule has 0 aromatic heterocycles. The van der Waals surface area contributed by atoms with Gasteiger partial charge in [-0.1, -0.05) is 32.6 Å². The Morgan fingerprint density at radius 2 is 1.85 bits per heavy atom. The van der Waals surface area contributed by atoms with E-state index in [2.05, 4.69) is 17.6 Å². The molecular weight excluding hydrogens is 354 g/mol. The summed E-state index contributed by atoms with van der Waals surface area (Å²) in [5.41, 5.74) is -0.722. The molecule has 2 atom stereocenters. The molecule has 2 heterocycles. The number of amides is 2. The number of hydrogen-bond donors (Lipinski definition) is 3. The van der Waals surface area contributed by atoms with Crippen LogP contribution in [-0.4, -0.2) is 59.1 Å². The van der Waals surface area contributed by atoms with Gasteiger partial charge in [0.15, 0.2) is 0 Å². The molecule has 2 aliphatic heterocycles. The SMILES string of the molecule is CCCCN1C(=O)[C@@H]([C@H](O)C2CCCCC2)NC(=O)C12CCNCC2.Cl. The number of piperazine rings is 1. The quantitative estimate of drug-likeness (QED) is 0.669. The summed E-state index contributed by atoms with van der Waals surface area (Å²) in [5.74, 6) is -0.0179. The van der Waals surface area contributed by atoms with Crippen LogP contribution in [0.4, 0.5) is 0 Å². The van der Waals surface area contributed by atoms with Crippen molar-refractivity contribution in [3.05, 3.63) is 0 Å². The van der Waals surface area contributed by atoms with Gasteiger partial charge in [-0.25, -0.2) is 0 Å². The van der Waals surface area contributed by atoms with E-state index in [1.54, 1.807) is 0 Å². The van der Waals surface area contributed by atoms with Crippen LogP contribution >= 0.6 is 12.4 Å². The lowest BCUT2D eigenvalue weighted by Gasteiger charge is -2.51. The molecule has 0 radical (unpaired) electrons. The number of nitrogens with one attached hydrogen (secondary N) is 2. The van der Waals surface area contributed by atoms with Crippen LogP contribution in [0.15, 0.2) is 0 Å². The summed E-state index contributed by atoms with van der Waals surface area (Å²) in [6, 6.07) is -0.770. The van der Waals surface area contributed by atoms with Crippen molar-refractivity contribution in [1.82, 2.24) is 15.5 Å². The average Bonchev–Trinajstić information content (AvgIpc) is 2.66. The highest BCUT2D eigenvalue weighted by atomic mass is 35.5. The minimum atomic E-state index is -0.770. The molecule has 7 heteroatoms. The summed E-state index contributed by atoms with van der Waals surface area (Å²) in [4.78, 5) is 28.1. The predicted molar refractivity (Wildman–Crippen MR) is 103 cm³/mol. The number of carbonyl (C=O) groups excluding carboxylic acids is 2. The highest BCUT2D eigenvalue weighted by Crippen LogP contribution is 2.34. The number of halogens is 1. The van der Waals surface area contributed by atoms with Gasteiger partial charge in [0.05, 0.1) is 6.10 Å². The third-order valence-electron chi connectivity index (χ3n) is 6.40. The molecule has 150 valence electrons. The molecule has 1 aliphatic carbocycles. The number of carbonyl (C=O) groups is 2. The zero-order valence-corrected chi connectivity index (χ0v) is 16.7. The lowest BCUT2D eigenvalue weighted by molar-refractivity contribution is -0.164. The molecule has 3 rings (SSSR count). The highest BCUT2D eigenvalue weighted by molar-refractivity contribution is 6.00. The molecule has 0 bridgehead atoms. The molecule has 2 saturated heterocycles. The van der Waals surface area contributed by atoms with Crippen LogP contribution < -0.4 is 10.6 Å². The molecule has 1 spiro atoms. The van der Waals surface area contributed by atoms with Gasteiger partial charge in [-0.2, -0.15) is 0 Å². The van der Waals surface area contributed by atoms with Crippen molar-refractivity contribution in [2.45, 2.75) is 82.4 Å². The standard InChI is InChI=1S/C19H33N3O3.ClH/c1-2-3-13-22-17(24)15(16(23)14-7-5-4-6-8-14)21-18(25)19(22)9-11-20-12-10-19;/h14-16,20,23H,2-13H2,1H3,(H,21,25);1H/t15-,16-;/m1./s1. The van der Waals surface area contributed by atoms with Gasteiger partial charge < -0.3 is 20.6 Å². The van der Waals surface area contributed by atoms with Gasteiger partial charge in [0.2, 0.25) is 11.8 Å². The van der Waals surface area contributed by atoms with E-state index in [1.807, 2.05) is 4.90 Å². The number of hydrogen-bond acceptors (Lipinski definition) is 4. The Morgan fingerprint density at radius 1 is 1.19 bits per heavy atom. The fourth-order valence-electron chi connectivity index (χ4n) is 4.80. The summed E-state index contributed by atoms with van der Waals surface area (Å²) in [6.07, 6.45) is 7.72. The van der Waals surface area contributed by atoms with Crippen molar-refractivity contribution in [1.29, 1.82) is 0 Å². The van der Waals surface area contributed by atoms with E-state index in [-0.39, 0.29) is 30.1 Å². The number of unbranched alkanes of at least 4 members (excludes halogenated alkanes) is 1. The van der Waals surface area contributed by atoms with Crippen molar-refractivity contribution in [2.75, 3.05) is 19.6 Å². The number of piperidine rings is 1. The first kappa shape index (κ1) is 21.5. The van der Waals surface area contributed by atoms with Crippen LogP contribution in [0, 0.1) is 5.92 Å². The molecule has 6 nitrogen and oxygen atoms in total. The molecule has 2 amide bonds. The first-order chi connectivity index (χ1) is 12.1. The molecule has 3 N–H and O–H groups in total. The third-order valence-corrected chi connectivity index (χ3v) is 6.40. The highest BCUT2D eigenvalue weighted by Gasteiger charge is 2.54. The second-order valence-electron chi connectivity index (χ2n) is 7.96. The second kappa shape index (κ2) is 9.38. The molecule has 0 aromatic carbocycles. The van der Waals surface area contributed by atoms with E-state index >= 15 is 0 Å². The monoisotopic (exact) mass is 387 g/mol. The van der Waals surface area contributed by atoms with Crippen LogP contribution in [0.25, 0.3) is 0 Å². The fraction of sp³-hybridized carbons (Fsp3) is 0.895. The summed E-state index contributed by atoms with van der Waals surface area (Å²) in [5, 5.41) is 17.1. The Labute approximate surface area is 162 Å². The van der Waals surface area contributed by atoms with Crippen molar-refractivity contribution in [3.8, 4) is 0 Å². The van der Waals surface area contributed by atoms with Gasteiger partial charge in [-0.05, 0) is 51.1 Å². The predicted octanol–water partition coefficient (Wildman–Crippen LogP) is 1.60. The zero-order valence-electron chi connectivity index (χ0n) is 15.8. The van der Waals surface area contributed by atoms with Gasteiger partial charge in [0.1, 0.15) is 11.6 Å². The first-order valence-corrected chi connectivity index (χ1v) is 10.1. The van der Waals surface area contributed by atoms with Gasteiger partial charge in [0.25, 0.3) is 0 Å². The minimum Gasteiger partial charge on any atom is -0.390 e. The van der Waals surface area contributed by atoms with Crippen LogP contribution in [0.5, 0.6) is 0 Å². The Morgan fingerprint density at radius 3 is 2.46 bits per heavy atom. The van der Waals surface area contributed by atoms with Crippen molar-refractivity contribution < 1.29 is 14.7 Å². The maximum Gasteiger partial charge on any atom is 0.248 e. The van der Waals surface area contributed by atoms with Gasteiger partial charge in [-0.15, -0.1) is 12.4 Å². The van der Waals surface area contributed by atoms with E-state index in [1.165, 1.54) is 6.42 Å². The van der Waals surface area contributed by atoms with Crippen molar-refractivity contribution in [3.63, 3.8) is 0 Å². The largest absolute Gasteiger partial charge is 0.390 e. The molecule has 3 fully saturated rings. The van der Waals surface area contributed by atoms with Gasteiger partial charge >= 0.3 is 0 Å². The zero-order chi connectivity index (χ0) is 17.9. The topological polar surface area (TPSA) is 81.7 Å². The van der Waals surface area contributed by atoms with E-state index in [0.717, 1.165) is 51.6 Å². The average molecular weight is 388 g/mol. The molecular formula is C19H34ClN3O3. The fourth-order valence-corrected chi connectivity index (χ4v) is 4.80. The summed E-state index contributed by atoms with van der Waals surface area (Å²) in [7, 11) is 0. The van der Waals surface area contributed by atoms with Crippen LogP contribution in [0.2, 0.25) is 0 Å². The maximum atomic E-state index is 13.3. The Balaban J connectivity index is 0.00000243. The Hall–Kier alpha value is -0.850. The maximum absolute atomic E-state index is 13.3. The summed E-state index contributed by atoms with van der Waals surface area (Å²) in [6.45, 7) is 4.20. The number of aliphatic hydroxyl groups excluding tert-OH is 1. The normalized spacial score (nSPS) is 27.8. The Bertz CT molecular complexity index is 490. The van der Waals surface area contributed by atoms with Crippen LogP contribution in [0.1, 0.15) is 64.7 Å². The van der Waals surface area contributed by atoms with E-state index in [0.29, 0.717) is 19.4 Å². The number of nitrogens with zero attached hydrogens (tertiary/aromatic N) is 1. The minimum absolute atomic E-state index is 0. The summed E-state index contributed by atoms with van der Waals surface area (Å²) < 4.78 is 0. The van der Waals surface area contributed by atoms with Crippen molar-refractivity contribution in [2.24, 2.45) is 5.92 Å². The van der Waals surface area contributed by atoms with Crippen LogP contribution in [0.3, 0.4) is 0 Å². The Kier molecular flexibility index (Phi) is 7.74. The lowest BCUT2D eigenvalue weighted by Crippen LogP contribution is -2.75. The smallest absolute Gasteiger partial charge is 0.248 e. The van der Waals surface area contributed by atoms with Gasteiger partial charge in [-0.3, -0.25) is 9.59 Å². The van der Waals surface area contributed by atoms with E-state index in [9.17, 15) is 14.7 Å². The number of rotatable bonds is 5. The van der Waals surface area contributed by atoms with Crippen LogP contribution in [-0.2, 0) is 9.59 Å². The first-order valence-electron chi connectivity index (χ1n) is 10.1. The third kappa shape index (κ3) is 4.02.